The highest BCUT2D eigenvalue weighted by molar-refractivity contribution is 5.85. The van der Waals surface area contributed by atoms with Crippen LogP contribution >= 0.6 is 12.4 Å². The second-order valence-corrected chi connectivity index (χ2v) is 2.97. The highest BCUT2D eigenvalue weighted by Gasteiger charge is 1.94. The monoisotopic (exact) mass is 201 g/mol. The summed E-state index contributed by atoms with van der Waals surface area (Å²) in [5, 5.41) is 12.1. The van der Waals surface area contributed by atoms with E-state index in [1.54, 1.807) is 6.92 Å². The number of benzene rings is 1. The van der Waals surface area contributed by atoms with E-state index in [0.717, 1.165) is 6.54 Å². The van der Waals surface area contributed by atoms with E-state index in [0.29, 0.717) is 6.54 Å². The van der Waals surface area contributed by atoms with Gasteiger partial charge >= 0.3 is 0 Å². The molecule has 0 aliphatic carbocycles. The Bertz CT molecular complexity index is 213. The van der Waals surface area contributed by atoms with E-state index >= 15 is 0 Å². The third-order valence-corrected chi connectivity index (χ3v) is 1.61. The Kier molecular flexibility index (Phi) is 6.59. The molecule has 1 atom stereocenters. The van der Waals surface area contributed by atoms with Gasteiger partial charge in [-0.1, -0.05) is 30.3 Å². The zero-order valence-electron chi connectivity index (χ0n) is 7.73. The number of hydrogen-bond acceptors (Lipinski definition) is 2. The van der Waals surface area contributed by atoms with Crippen molar-refractivity contribution in [1.82, 2.24) is 5.32 Å². The summed E-state index contributed by atoms with van der Waals surface area (Å²) in [5.74, 6) is 0. The molecule has 0 spiro atoms. The number of aliphatic hydroxyl groups is 1. The molecule has 0 saturated heterocycles. The van der Waals surface area contributed by atoms with Gasteiger partial charge in [-0.25, -0.2) is 0 Å². The lowest BCUT2D eigenvalue weighted by Gasteiger charge is -2.06. The van der Waals surface area contributed by atoms with Gasteiger partial charge in [0.1, 0.15) is 0 Å². The summed E-state index contributed by atoms with van der Waals surface area (Å²) in [6, 6.07) is 10.2. The summed E-state index contributed by atoms with van der Waals surface area (Å²) in [5.41, 5.74) is 1.25. The van der Waals surface area contributed by atoms with Gasteiger partial charge in [-0.3, -0.25) is 0 Å². The van der Waals surface area contributed by atoms with Crippen molar-refractivity contribution in [3.63, 3.8) is 0 Å². The summed E-state index contributed by atoms with van der Waals surface area (Å²) in [6.07, 6.45) is -0.270. The summed E-state index contributed by atoms with van der Waals surface area (Å²) < 4.78 is 0. The van der Waals surface area contributed by atoms with Crippen LogP contribution in [0.5, 0.6) is 0 Å². The zero-order chi connectivity index (χ0) is 8.81. The second kappa shape index (κ2) is 6.89. The van der Waals surface area contributed by atoms with Crippen LogP contribution < -0.4 is 5.32 Å². The first-order valence-corrected chi connectivity index (χ1v) is 4.22. The van der Waals surface area contributed by atoms with E-state index in [4.69, 9.17) is 5.11 Å². The number of rotatable bonds is 4. The molecule has 0 heterocycles. The Morgan fingerprint density at radius 3 is 2.46 bits per heavy atom. The second-order valence-electron chi connectivity index (χ2n) is 2.97. The lowest BCUT2D eigenvalue weighted by molar-refractivity contribution is 0.191. The lowest BCUT2D eigenvalue weighted by atomic mass is 10.2. The molecule has 2 nitrogen and oxygen atoms in total. The molecule has 0 amide bonds. The minimum absolute atomic E-state index is 0. The van der Waals surface area contributed by atoms with E-state index in [2.05, 4.69) is 17.4 Å². The minimum Gasteiger partial charge on any atom is -0.392 e. The molecular weight excluding hydrogens is 186 g/mol. The molecule has 0 aromatic heterocycles. The van der Waals surface area contributed by atoms with Crippen molar-refractivity contribution in [1.29, 1.82) is 0 Å². The maximum absolute atomic E-state index is 8.97. The average molecular weight is 202 g/mol. The molecule has 1 aromatic carbocycles. The maximum atomic E-state index is 8.97. The number of halogens is 1. The minimum atomic E-state index is -0.270. The van der Waals surface area contributed by atoms with Gasteiger partial charge in [0.25, 0.3) is 0 Å². The lowest BCUT2D eigenvalue weighted by Crippen LogP contribution is -2.23. The van der Waals surface area contributed by atoms with Gasteiger partial charge in [-0.2, -0.15) is 0 Å². The van der Waals surface area contributed by atoms with Crippen LogP contribution in [0.3, 0.4) is 0 Å². The molecule has 0 fully saturated rings. The van der Waals surface area contributed by atoms with Gasteiger partial charge in [0.15, 0.2) is 0 Å². The molecule has 0 unspecified atom stereocenters. The van der Waals surface area contributed by atoms with Crippen LogP contribution in [0.2, 0.25) is 0 Å². The van der Waals surface area contributed by atoms with Crippen molar-refractivity contribution in [2.75, 3.05) is 6.54 Å². The zero-order valence-corrected chi connectivity index (χ0v) is 8.55. The predicted molar refractivity (Wildman–Crippen MR) is 57.1 cm³/mol. The van der Waals surface area contributed by atoms with Crippen LogP contribution in [0.15, 0.2) is 30.3 Å². The Balaban J connectivity index is 0.00000144. The summed E-state index contributed by atoms with van der Waals surface area (Å²) in [7, 11) is 0. The number of aliphatic hydroxyl groups excluding tert-OH is 1. The molecule has 2 N–H and O–H groups in total. The van der Waals surface area contributed by atoms with Crippen molar-refractivity contribution >= 4 is 12.4 Å². The predicted octanol–water partition coefficient (Wildman–Crippen LogP) is 1.58. The van der Waals surface area contributed by atoms with Gasteiger partial charge < -0.3 is 10.4 Å². The fraction of sp³-hybridized carbons (Fsp3) is 0.400. The molecule has 0 saturated carbocycles. The first-order chi connectivity index (χ1) is 5.79. The Labute approximate surface area is 85.4 Å². The molecule has 0 aliphatic rings. The highest BCUT2D eigenvalue weighted by atomic mass is 35.5. The largest absolute Gasteiger partial charge is 0.392 e. The van der Waals surface area contributed by atoms with E-state index < -0.39 is 0 Å². The molecule has 1 rings (SSSR count). The number of hydrogen-bond donors (Lipinski definition) is 2. The fourth-order valence-corrected chi connectivity index (χ4v) is 1.02. The number of nitrogens with one attached hydrogen (secondary N) is 1. The molecule has 0 aliphatic heterocycles. The van der Waals surface area contributed by atoms with Crippen molar-refractivity contribution in [3.8, 4) is 0 Å². The van der Waals surface area contributed by atoms with E-state index in [1.807, 2.05) is 18.2 Å². The van der Waals surface area contributed by atoms with Gasteiger partial charge in [-0.05, 0) is 12.5 Å². The fourth-order valence-electron chi connectivity index (χ4n) is 1.02. The normalized spacial score (nSPS) is 11.8. The molecule has 3 heteroatoms. The van der Waals surface area contributed by atoms with E-state index in [-0.39, 0.29) is 18.5 Å². The Hall–Kier alpha value is -0.570. The van der Waals surface area contributed by atoms with Crippen LogP contribution in [0.25, 0.3) is 0 Å². The molecular formula is C10H16ClNO. The first kappa shape index (κ1) is 12.4. The third kappa shape index (κ3) is 5.64. The van der Waals surface area contributed by atoms with Crippen LogP contribution in [-0.4, -0.2) is 17.8 Å². The molecule has 74 valence electrons. The smallest absolute Gasteiger partial charge is 0.0636 e. The van der Waals surface area contributed by atoms with Crippen LogP contribution in [-0.2, 0) is 6.54 Å². The summed E-state index contributed by atoms with van der Waals surface area (Å²) in [6.45, 7) is 3.25. The topological polar surface area (TPSA) is 32.3 Å². The average Bonchev–Trinajstić information content (AvgIpc) is 2.05. The molecule has 13 heavy (non-hydrogen) atoms. The first-order valence-electron chi connectivity index (χ1n) is 4.22. The van der Waals surface area contributed by atoms with Gasteiger partial charge in [0.2, 0.25) is 0 Å². The Morgan fingerprint density at radius 1 is 1.31 bits per heavy atom. The standard InChI is InChI=1S/C10H15NO.ClH/c1-9(12)7-11-8-10-5-3-2-4-6-10;/h2-6,9,11-12H,7-8H2,1H3;1H/t9-;/m0./s1. The molecule has 1 aromatic rings. The van der Waals surface area contributed by atoms with Crippen molar-refractivity contribution in [3.05, 3.63) is 35.9 Å². The third-order valence-electron chi connectivity index (χ3n) is 1.61. The highest BCUT2D eigenvalue weighted by Crippen LogP contribution is 1.96. The van der Waals surface area contributed by atoms with E-state index in [9.17, 15) is 0 Å². The Morgan fingerprint density at radius 2 is 1.92 bits per heavy atom. The maximum Gasteiger partial charge on any atom is 0.0636 e. The SMILES string of the molecule is C[C@H](O)CNCc1ccccc1.Cl. The van der Waals surface area contributed by atoms with Crippen LogP contribution in [0, 0.1) is 0 Å². The van der Waals surface area contributed by atoms with Crippen molar-refractivity contribution < 1.29 is 5.11 Å². The molecule has 0 bridgehead atoms. The van der Waals surface area contributed by atoms with E-state index in [1.165, 1.54) is 5.56 Å². The van der Waals surface area contributed by atoms with Gasteiger partial charge in [0.05, 0.1) is 6.10 Å². The van der Waals surface area contributed by atoms with Crippen molar-refractivity contribution in [2.45, 2.75) is 19.6 Å². The van der Waals surface area contributed by atoms with Crippen molar-refractivity contribution in [2.24, 2.45) is 0 Å². The molecule has 0 radical (unpaired) electrons. The summed E-state index contributed by atoms with van der Waals surface area (Å²) >= 11 is 0. The van der Waals surface area contributed by atoms with Crippen LogP contribution in [0.1, 0.15) is 12.5 Å². The quantitative estimate of drug-likeness (QED) is 0.776. The summed E-state index contributed by atoms with van der Waals surface area (Å²) in [4.78, 5) is 0. The van der Waals surface area contributed by atoms with Gasteiger partial charge in [0, 0.05) is 13.1 Å². The van der Waals surface area contributed by atoms with Gasteiger partial charge in [-0.15, -0.1) is 12.4 Å². The van der Waals surface area contributed by atoms with Crippen LogP contribution in [0.4, 0.5) is 0 Å².